The van der Waals surface area contributed by atoms with Gasteiger partial charge in [-0.25, -0.2) is 0 Å². The van der Waals surface area contributed by atoms with E-state index in [2.05, 4.69) is 5.32 Å². The van der Waals surface area contributed by atoms with Gasteiger partial charge in [0.25, 0.3) is 5.91 Å². The molecule has 1 aliphatic rings. The first kappa shape index (κ1) is 24.0. The van der Waals surface area contributed by atoms with Crippen molar-refractivity contribution in [2.75, 3.05) is 13.2 Å². The number of rotatable bonds is 7. The number of amides is 1. The average Bonchev–Trinajstić information content (AvgIpc) is 2.81. The Bertz CT molecular complexity index is 1230. The Morgan fingerprint density at radius 2 is 1.85 bits per heavy atom. The van der Waals surface area contributed by atoms with Gasteiger partial charge < -0.3 is 19.9 Å². The molecule has 2 N–H and O–H groups in total. The van der Waals surface area contributed by atoms with Crippen LogP contribution in [0.1, 0.15) is 33.8 Å². The third-order valence-corrected chi connectivity index (χ3v) is 6.28. The molecular formula is C25H22BCl2NO5. The molecule has 1 unspecified atom stereocenters. The summed E-state index contributed by atoms with van der Waals surface area (Å²) in [4.78, 5) is 24.0. The van der Waals surface area contributed by atoms with Gasteiger partial charge in [-0.05, 0) is 54.8 Å². The van der Waals surface area contributed by atoms with E-state index >= 15 is 0 Å². The van der Waals surface area contributed by atoms with Gasteiger partial charge in [0.15, 0.2) is 0 Å². The molecule has 0 fully saturated rings. The first-order valence-electron chi connectivity index (χ1n) is 10.8. The summed E-state index contributed by atoms with van der Waals surface area (Å²) < 4.78 is 11.5. The molecule has 0 aliphatic carbocycles. The Morgan fingerprint density at radius 1 is 1.09 bits per heavy atom. The van der Waals surface area contributed by atoms with Crippen LogP contribution in [0.5, 0.6) is 17.2 Å². The highest BCUT2D eigenvalue weighted by molar-refractivity contribution is 6.36. The minimum Gasteiger partial charge on any atom is -0.493 e. The number of fused-ring (bicyclic) bond motifs is 1. The van der Waals surface area contributed by atoms with Crippen molar-refractivity contribution in [3.05, 3.63) is 81.3 Å². The van der Waals surface area contributed by atoms with Crippen LogP contribution in [0, 0.1) is 0 Å². The molecule has 34 heavy (non-hydrogen) atoms. The molecule has 174 valence electrons. The van der Waals surface area contributed by atoms with Crippen molar-refractivity contribution in [3.63, 3.8) is 0 Å². The lowest BCUT2D eigenvalue weighted by Crippen LogP contribution is -2.25. The summed E-state index contributed by atoms with van der Waals surface area (Å²) in [6, 6.07) is 15.7. The van der Waals surface area contributed by atoms with Crippen LogP contribution < -0.4 is 20.3 Å². The fourth-order valence-electron chi connectivity index (χ4n) is 3.79. The molecule has 3 aromatic carbocycles. The van der Waals surface area contributed by atoms with Crippen molar-refractivity contribution in [2.24, 2.45) is 0 Å². The van der Waals surface area contributed by atoms with Gasteiger partial charge in [-0.2, -0.15) is 0 Å². The Balaban J connectivity index is 1.38. The molecule has 0 aromatic heterocycles. The van der Waals surface area contributed by atoms with Gasteiger partial charge in [0.05, 0.1) is 17.5 Å². The van der Waals surface area contributed by atoms with E-state index < -0.39 is 11.9 Å². The molecular weight excluding hydrogens is 476 g/mol. The maximum absolute atomic E-state index is 12.5. The van der Waals surface area contributed by atoms with Crippen molar-refractivity contribution in [2.45, 2.75) is 18.8 Å². The SMILES string of the molecule is Bc1ccc(CCNC(=O)c2ccc(Oc3cc4c(cc3Cl)C(C(=O)O)CCO4)cc2)c(Cl)c1. The first-order valence-corrected chi connectivity index (χ1v) is 11.6. The van der Waals surface area contributed by atoms with Crippen LogP contribution in [0.2, 0.25) is 10.0 Å². The number of carboxylic acids is 1. The van der Waals surface area contributed by atoms with E-state index in [-0.39, 0.29) is 10.9 Å². The van der Waals surface area contributed by atoms with Gasteiger partial charge in [-0.3, -0.25) is 9.59 Å². The average molecular weight is 498 g/mol. The van der Waals surface area contributed by atoms with Gasteiger partial charge >= 0.3 is 5.97 Å². The Kier molecular flexibility index (Phi) is 7.34. The highest BCUT2D eigenvalue weighted by Gasteiger charge is 2.29. The quantitative estimate of drug-likeness (QED) is 0.482. The number of benzene rings is 3. The van der Waals surface area contributed by atoms with E-state index in [9.17, 15) is 14.7 Å². The van der Waals surface area contributed by atoms with Crippen molar-refractivity contribution >= 4 is 48.4 Å². The number of carboxylic acid groups (broad SMARTS) is 1. The largest absolute Gasteiger partial charge is 0.493 e. The predicted octanol–water partition coefficient (Wildman–Crippen LogP) is 3.97. The Hall–Kier alpha value is -3.16. The third kappa shape index (κ3) is 5.49. The maximum Gasteiger partial charge on any atom is 0.311 e. The molecule has 4 rings (SSSR count). The number of ether oxygens (including phenoxy) is 2. The van der Waals surface area contributed by atoms with Crippen molar-refractivity contribution < 1.29 is 24.2 Å². The molecule has 1 aliphatic heterocycles. The summed E-state index contributed by atoms with van der Waals surface area (Å²) in [6.07, 6.45) is 1.02. The summed E-state index contributed by atoms with van der Waals surface area (Å²) >= 11 is 12.6. The highest BCUT2D eigenvalue weighted by Crippen LogP contribution is 2.41. The minimum absolute atomic E-state index is 0.199. The zero-order chi connectivity index (χ0) is 24.2. The smallest absolute Gasteiger partial charge is 0.311 e. The molecule has 0 radical (unpaired) electrons. The zero-order valence-electron chi connectivity index (χ0n) is 18.4. The molecule has 0 saturated carbocycles. The topological polar surface area (TPSA) is 84.9 Å². The second-order valence-electron chi connectivity index (χ2n) is 8.08. The lowest BCUT2D eigenvalue weighted by Gasteiger charge is -2.24. The standard InChI is InChI=1S/C25H22BCl2NO5/c26-16-4-1-14(20(27)11-16)7-9-29-24(30)15-2-5-17(6-3-15)34-23-13-22-19(12-21(23)28)18(25(31)32)8-10-33-22/h1-6,11-13,18H,7-10,26H2,(H,29,30)(H,31,32). The van der Waals surface area contributed by atoms with Crippen molar-refractivity contribution in [1.82, 2.24) is 5.32 Å². The van der Waals surface area contributed by atoms with E-state index in [1.54, 1.807) is 36.4 Å². The summed E-state index contributed by atoms with van der Waals surface area (Å²) in [5.41, 5.74) is 3.10. The number of carbonyl (C=O) groups excluding carboxylic acids is 1. The number of aliphatic carboxylic acids is 1. The van der Waals surface area contributed by atoms with E-state index in [4.69, 9.17) is 32.7 Å². The number of carbonyl (C=O) groups is 2. The predicted molar refractivity (Wildman–Crippen MR) is 134 cm³/mol. The fraction of sp³-hybridized carbons (Fsp3) is 0.200. The summed E-state index contributed by atoms with van der Waals surface area (Å²) in [5.74, 6) is -0.494. The number of hydrogen-bond donors (Lipinski definition) is 2. The number of halogens is 2. The lowest BCUT2D eigenvalue weighted by atomic mass is 9.93. The van der Waals surface area contributed by atoms with E-state index in [0.29, 0.717) is 59.4 Å². The molecule has 3 aromatic rings. The van der Waals surface area contributed by atoms with Crippen LogP contribution >= 0.6 is 23.2 Å². The number of hydrogen-bond acceptors (Lipinski definition) is 4. The van der Waals surface area contributed by atoms with E-state index in [1.165, 1.54) is 0 Å². The van der Waals surface area contributed by atoms with Crippen LogP contribution in [-0.2, 0) is 11.2 Å². The molecule has 1 amide bonds. The maximum atomic E-state index is 12.5. The van der Waals surface area contributed by atoms with Gasteiger partial charge in [0.1, 0.15) is 25.1 Å². The van der Waals surface area contributed by atoms with E-state index in [0.717, 1.165) is 11.0 Å². The Morgan fingerprint density at radius 3 is 2.56 bits per heavy atom. The molecule has 1 atom stereocenters. The van der Waals surface area contributed by atoms with Crippen LogP contribution in [0.15, 0.2) is 54.6 Å². The highest BCUT2D eigenvalue weighted by atomic mass is 35.5. The second-order valence-corrected chi connectivity index (χ2v) is 8.89. The summed E-state index contributed by atoms with van der Waals surface area (Å²) in [7, 11) is 1.98. The van der Waals surface area contributed by atoms with Gasteiger partial charge in [0.2, 0.25) is 0 Å². The summed E-state index contributed by atoms with van der Waals surface area (Å²) in [6.45, 7) is 0.771. The molecule has 0 bridgehead atoms. The fourth-order valence-corrected chi connectivity index (χ4v) is 4.33. The lowest BCUT2D eigenvalue weighted by molar-refractivity contribution is -0.139. The Labute approximate surface area is 208 Å². The third-order valence-electron chi connectivity index (χ3n) is 5.63. The van der Waals surface area contributed by atoms with Crippen LogP contribution in [0.3, 0.4) is 0 Å². The summed E-state index contributed by atoms with van der Waals surface area (Å²) in [5, 5.41) is 13.3. The van der Waals surface area contributed by atoms with E-state index in [1.807, 2.05) is 26.0 Å². The number of nitrogens with one attached hydrogen (secondary N) is 1. The van der Waals surface area contributed by atoms with Crippen molar-refractivity contribution in [3.8, 4) is 17.2 Å². The second kappa shape index (κ2) is 10.4. The first-order chi connectivity index (χ1) is 16.3. The minimum atomic E-state index is -0.912. The van der Waals surface area contributed by atoms with Crippen LogP contribution in [0.4, 0.5) is 0 Å². The van der Waals surface area contributed by atoms with Gasteiger partial charge in [-0.1, -0.05) is 40.8 Å². The molecule has 1 heterocycles. The molecule has 0 saturated heterocycles. The molecule has 0 spiro atoms. The van der Waals surface area contributed by atoms with Crippen LogP contribution in [0.25, 0.3) is 0 Å². The molecule has 6 nitrogen and oxygen atoms in total. The van der Waals surface area contributed by atoms with Crippen LogP contribution in [-0.4, -0.2) is 38.0 Å². The monoisotopic (exact) mass is 497 g/mol. The molecule has 9 heteroatoms. The zero-order valence-corrected chi connectivity index (χ0v) is 19.9. The van der Waals surface area contributed by atoms with Gasteiger partial charge in [-0.15, -0.1) is 0 Å². The normalized spacial score (nSPS) is 14.6. The van der Waals surface area contributed by atoms with Crippen molar-refractivity contribution in [1.29, 1.82) is 0 Å². The van der Waals surface area contributed by atoms with Gasteiger partial charge in [0, 0.05) is 28.8 Å².